The molecule has 0 atom stereocenters. The Morgan fingerprint density at radius 1 is 1.30 bits per heavy atom. The van der Waals surface area contributed by atoms with Crippen LogP contribution in [0.1, 0.15) is 18.2 Å². The minimum absolute atomic E-state index is 0.117. The van der Waals surface area contributed by atoms with Crippen LogP contribution in [0.2, 0.25) is 0 Å². The van der Waals surface area contributed by atoms with Gasteiger partial charge in [-0.15, -0.1) is 5.43 Å². The molecule has 0 aliphatic carbocycles. The van der Waals surface area contributed by atoms with Gasteiger partial charge in [-0.05, 0) is 18.2 Å². The van der Waals surface area contributed by atoms with Crippen molar-refractivity contribution in [2.24, 2.45) is 0 Å². The van der Waals surface area contributed by atoms with Gasteiger partial charge in [0.15, 0.2) is 5.60 Å². The Labute approximate surface area is 153 Å². The van der Waals surface area contributed by atoms with E-state index < -0.39 is 23.9 Å². The summed E-state index contributed by atoms with van der Waals surface area (Å²) in [5.41, 5.74) is 1.54. The molecule has 1 N–H and O–H groups in total. The highest BCUT2D eigenvalue weighted by Crippen LogP contribution is 2.40. The largest absolute Gasteiger partial charge is 0.477 e. The zero-order valence-electron chi connectivity index (χ0n) is 14.3. The first-order chi connectivity index (χ1) is 12.9. The van der Waals surface area contributed by atoms with Crippen molar-refractivity contribution in [3.05, 3.63) is 70.0 Å². The van der Waals surface area contributed by atoms with E-state index in [9.17, 15) is 23.7 Å². The van der Waals surface area contributed by atoms with Crippen molar-refractivity contribution in [3.63, 3.8) is 0 Å². The number of alkyl halides is 2. The molecule has 1 aromatic heterocycles. The molecule has 0 saturated heterocycles. The molecule has 2 heterocycles. The van der Waals surface area contributed by atoms with Gasteiger partial charge in [-0.25, -0.2) is 8.78 Å². The molecule has 1 amide bonds. The summed E-state index contributed by atoms with van der Waals surface area (Å²) < 4.78 is 34.1. The summed E-state index contributed by atoms with van der Waals surface area (Å²) >= 11 is 0. The van der Waals surface area contributed by atoms with Gasteiger partial charge in [0.25, 0.3) is 11.6 Å². The van der Waals surface area contributed by atoms with Crippen molar-refractivity contribution in [3.8, 4) is 5.75 Å². The number of nitro groups is 1. The fourth-order valence-electron chi connectivity index (χ4n) is 2.83. The number of carbonyl (C=O) groups is 1. The third-order valence-electron chi connectivity index (χ3n) is 4.05. The van der Waals surface area contributed by atoms with E-state index in [0.29, 0.717) is 16.8 Å². The molecule has 2 aromatic rings. The van der Waals surface area contributed by atoms with E-state index in [1.54, 1.807) is 24.4 Å². The van der Waals surface area contributed by atoms with Crippen molar-refractivity contribution in [2.75, 3.05) is 18.8 Å². The number of aromatic nitrogens is 1. The lowest BCUT2D eigenvalue weighted by Crippen LogP contribution is -2.51. The lowest BCUT2D eigenvalue weighted by Gasteiger charge is -2.32. The van der Waals surface area contributed by atoms with Crippen LogP contribution < -0.4 is 14.8 Å². The van der Waals surface area contributed by atoms with E-state index in [4.69, 9.17) is 4.74 Å². The molecule has 0 bridgehead atoms. The van der Waals surface area contributed by atoms with Crippen LogP contribution in [0.25, 0.3) is 5.57 Å². The molecule has 0 spiro atoms. The summed E-state index contributed by atoms with van der Waals surface area (Å²) in [6, 6.07) is 8.74. The molecular formula is C18H16F2N3O4+. The average Bonchev–Trinajstić information content (AvgIpc) is 2.66. The smallest absolute Gasteiger partial charge is 0.271 e. The molecule has 1 aliphatic heterocycles. The summed E-state index contributed by atoms with van der Waals surface area (Å²) in [6.07, 6.45) is 2.81. The number of fused-ring (bicyclic) bond motifs is 1. The van der Waals surface area contributed by atoms with Crippen LogP contribution in [0.4, 0.5) is 14.5 Å². The number of hydrogen-bond acceptors (Lipinski definition) is 4. The number of non-ortho nitro benzene ring substituents is 1. The Morgan fingerprint density at radius 3 is 2.67 bits per heavy atom. The molecular weight excluding hydrogens is 360 g/mol. The normalized spacial score (nSPS) is 14.6. The molecule has 1 aliphatic rings. The maximum Gasteiger partial charge on any atom is 0.271 e. The summed E-state index contributed by atoms with van der Waals surface area (Å²) in [5.74, 6) is -0.242. The molecule has 0 radical (unpaired) electrons. The predicted molar refractivity (Wildman–Crippen MR) is 92.2 cm³/mol. The standard InChI is InChI=1S/C18H15F2N3O4/c1-12(24)21-22-7-3-2-4-16(22)15-9-18(10-19,11-20)27-17-6-5-13(23(25)26)8-14(15)17/h2-9H,10-11H2,1H3/p+1. The second-order valence-electron chi connectivity index (χ2n) is 6.05. The second-order valence-corrected chi connectivity index (χ2v) is 6.05. The fraction of sp³-hybridized carbons (Fsp3) is 0.222. The molecule has 140 valence electrons. The number of halogens is 2. The van der Waals surface area contributed by atoms with Crippen LogP contribution in [0.15, 0.2) is 48.7 Å². The summed E-state index contributed by atoms with van der Waals surface area (Å²) in [7, 11) is 0. The summed E-state index contributed by atoms with van der Waals surface area (Å²) in [5, 5.41) is 11.1. The number of hydrogen-bond donors (Lipinski definition) is 1. The third kappa shape index (κ3) is 3.48. The molecule has 27 heavy (non-hydrogen) atoms. The van der Waals surface area contributed by atoms with Crippen LogP contribution in [0.5, 0.6) is 5.75 Å². The highest BCUT2D eigenvalue weighted by atomic mass is 19.1. The summed E-state index contributed by atoms with van der Waals surface area (Å²) in [6.45, 7) is -0.943. The first-order valence-electron chi connectivity index (χ1n) is 8.00. The van der Waals surface area contributed by atoms with Crippen molar-refractivity contribution in [1.29, 1.82) is 0 Å². The zero-order chi connectivity index (χ0) is 19.6. The minimum Gasteiger partial charge on any atom is -0.477 e. The Morgan fingerprint density at radius 2 is 2.04 bits per heavy atom. The topological polar surface area (TPSA) is 85.4 Å². The molecule has 3 rings (SSSR count). The van der Waals surface area contributed by atoms with Gasteiger partial charge in [0.05, 0.1) is 10.5 Å². The van der Waals surface area contributed by atoms with Gasteiger partial charge in [0.1, 0.15) is 19.1 Å². The van der Waals surface area contributed by atoms with E-state index in [2.05, 4.69) is 5.43 Å². The maximum atomic E-state index is 13.6. The van der Waals surface area contributed by atoms with Gasteiger partial charge in [-0.3, -0.25) is 14.9 Å². The average molecular weight is 376 g/mol. The molecule has 1 aromatic carbocycles. The number of amides is 1. The molecule has 0 saturated carbocycles. The Kier molecular flexibility index (Phi) is 4.85. The number of rotatable bonds is 5. The first-order valence-corrected chi connectivity index (χ1v) is 8.00. The first kappa shape index (κ1) is 18.4. The number of nitrogens with zero attached hydrogens (tertiary/aromatic N) is 2. The van der Waals surface area contributed by atoms with Crippen molar-refractivity contribution in [2.45, 2.75) is 12.5 Å². The fourth-order valence-corrected chi connectivity index (χ4v) is 2.83. The van der Waals surface area contributed by atoms with Crippen LogP contribution in [0, 0.1) is 10.1 Å². The maximum absolute atomic E-state index is 13.6. The van der Waals surface area contributed by atoms with E-state index in [0.717, 1.165) is 0 Å². The number of pyridine rings is 1. The number of ether oxygens (including phenoxy) is 1. The second kappa shape index (κ2) is 7.10. The number of nitrogens with one attached hydrogen (secondary N) is 1. The van der Waals surface area contributed by atoms with Crippen LogP contribution in [0.3, 0.4) is 0 Å². The highest BCUT2D eigenvalue weighted by Gasteiger charge is 2.39. The van der Waals surface area contributed by atoms with Crippen LogP contribution >= 0.6 is 0 Å². The third-order valence-corrected chi connectivity index (χ3v) is 4.05. The molecule has 0 fully saturated rings. The van der Waals surface area contributed by atoms with Gasteiger partial charge in [-0.2, -0.15) is 0 Å². The van der Waals surface area contributed by atoms with Crippen molar-refractivity contribution >= 4 is 17.2 Å². The van der Waals surface area contributed by atoms with Gasteiger partial charge < -0.3 is 4.74 Å². The predicted octanol–water partition coefficient (Wildman–Crippen LogP) is 2.47. The van der Waals surface area contributed by atoms with E-state index >= 15 is 0 Å². The molecule has 9 heteroatoms. The number of carbonyl (C=O) groups excluding carboxylic acids is 1. The number of benzene rings is 1. The SMILES string of the molecule is CC(=O)N[n+]1ccccc1C1=CC(CF)(CF)Oc2ccc([N+](=O)[O-])cc21. The van der Waals surface area contributed by atoms with Crippen molar-refractivity contribution < 1.29 is 27.9 Å². The van der Waals surface area contributed by atoms with Crippen LogP contribution in [-0.4, -0.2) is 29.8 Å². The Hall–Kier alpha value is -3.36. The summed E-state index contributed by atoms with van der Waals surface area (Å²) in [4.78, 5) is 22.1. The van der Waals surface area contributed by atoms with Crippen LogP contribution in [-0.2, 0) is 4.79 Å². The molecule has 0 unspecified atom stereocenters. The monoisotopic (exact) mass is 376 g/mol. The zero-order valence-corrected chi connectivity index (χ0v) is 14.3. The van der Waals surface area contributed by atoms with Gasteiger partial charge in [0.2, 0.25) is 11.9 Å². The van der Waals surface area contributed by atoms with Gasteiger partial charge in [0, 0.05) is 36.8 Å². The highest BCUT2D eigenvalue weighted by molar-refractivity contribution is 5.84. The minimum atomic E-state index is -1.84. The Bertz CT molecular complexity index is 942. The quantitative estimate of drug-likeness (QED) is 0.494. The number of nitro benzene ring substituents is 1. The lowest BCUT2D eigenvalue weighted by atomic mass is 9.91. The lowest BCUT2D eigenvalue weighted by molar-refractivity contribution is -0.644. The van der Waals surface area contributed by atoms with Crippen molar-refractivity contribution in [1.82, 2.24) is 0 Å². The van der Waals surface area contributed by atoms with E-state index in [1.165, 1.54) is 35.9 Å². The molecule has 7 nitrogen and oxygen atoms in total. The van der Waals surface area contributed by atoms with E-state index in [-0.39, 0.29) is 17.3 Å². The van der Waals surface area contributed by atoms with Gasteiger partial charge in [-0.1, -0.05) is 4.68 Å². The van der Waals surface area contributed by atoms with E-state index in [1.807, 2.05) is 0 Å². The Balaban J connectivity index is 2.25. The van der Waals surface area contributed by atoms with Gasteiger partial charge >= 0.3 is 0 Å².